The zero-order valence-corrected chi connectivity index (χ0v) is 38.0. The van der Waals surface area contributed by atoms with Crippen molar-refractivity contribution in [3.05, 3.63) is 48.5 Å². The van der Waals surface area contributed by atoms with E-state index in [9.17, 15) is 4.79 Å². The minimum absolute atomic E-state index is 0.127. The Labute approximate surface area is 360 Å². The zero-order valence-electron chi connectivity index (χ0n) is 38.0. The molecule has 3 unspecified atom stereocenters. The van der Waals surface area contributed by atoms with Crippen molar-refractivity contribution in [3.8, 4) is 11.5 Å². The minimum atomic E-state index is 0.127. The summed E-state index contributed by atoms with van der Waals surface area (Å²) in [4.78, 5) is 13.0. The van der Waals surface area contributed by atoms with Gasteiger partial charge in [-0.1, -0.05) is 130 Å². The van der Waals surface area contributed by atoms with Crippen molar-refractivity contribution in [1.29, 1.82) is 0 Å². The zero-order chi connectivity index (χ0) is 41.7. The van der Waals surface area contributed by atoms with Gasteiger partial charge in [-0.15, -0.1) is 0 Å². The fourth-order valence-electron chi connectivity index (χ4n) is 13.4. The molecule has 4 aliphatic rings. The number of nitrogen functional groups attached to an aromatic ring is 2. The number of benzene rings is 2. The van der Waals surface area contributed by atoms with Crippen molar-refractivity contribution in [3.63, 3.8) is 0 Å². The third-order valence-electron chi connectivity index (χ3n) is 16.6. The molecule has 6 heteroatoms. The Balaban J connectivity index is 0.946. The van der Waals surface area contributed by atoms with E-state index in [1.165, 1.54) is 122 Å². The molecule has 5 N–H and O–H groups in total. The Kier molecular flexibility index (Phi) is 17.2. The lowest BCUT2D eigenvalue weighted by molar-refractivity contribution is -0.164. The van der Waals surface area contributed by atoms with Crippen LogP contribution in [0.2, 0.25) is 0 Å². The van der Waals surface area contributed by atoms with Gasteiger partial charge >= 0.3 is 0 Å². The van der Waals surface area contributed by atoms with Gasteiger partial charge in [-0.25, -0.2) is 0 Å². The Morgan fingerprint density at radius 2 is 1.25 bits per heavy atom. The van der Waals surface area contributed by atoms with E-state index >= 15 is 0 Å². The predicted octanol–water partition coefficient (Wildman–Crippen LogP) is 13.7. The molecule has 1 amide bonds. The van der Waals surface area contributed by atoms with Crippen molar-refractivity contribution in [2.45, 2.75) is 200 Å². The minimum Gasteiger partial charge on any atom is -0.490 e. The normalized spacial score (nSPS) is 30.5. The van der Waals surface area contributed by atoms with Gasteiger partial charge in [-0.3, -0.25) is 4.79 Å². The molecule has 4 aliphatic carbocycles. The summed E-state index contributed by atoms with van der Waals surface area (Å²) in [5.41, 5.74) is 14.4. The number of rotatable bonds is 24. The number of unbranched alkanes of at least 4 members (excludes halogenated alkanes) is 14. The SMILES string of the molecule is CCCCCCCCCCCCCCCCCNC(=O)CC[C@@H](C)[C@H]1CC[C@H]2[C@@H]3CC(Oc4cccc(N)c4)C4CC(Oc5cccc(N)c5)CC[C@]4(C)[C@H]3CC[C@]12C. The molecule has 59 heavy (non-hydrogen) atoms. The van der Waals surface area contributed by atoms with E-state index in [1.54, 1.807) is 0 Å². The van der Waals surface area contributed by atoms with Crippen LogP contribution < -0.4 is 26.3 Å². The summed E-state index contributed by atoms with van der Waals surface area (Å²) in [6.07, 6.45) is 32.1. The number of nitrogens with two attached hydrogens (primary N) is 2. The van der Waals surface area contributed by atoms with Gasteiger partial charge in [0.05, 0.1) is 6.10 Å². The summed E-state index contributed by atoms with van der Waals surface area (Å²) in [7, 11) is 0. The summed E-state index contributed by atoms with van der Waals surface area (Å²) >= 11 is 0. The van der Waals surface area contributed by atoms with Gasteiger partial charge in [-0.2, -0.15) is 0 Å². The molecule has 4 fully saturated rings. The maximum Gasteiger partial charge on any atom is 0.220 e. The van der Waals surface area contributed by atoms with Crippen molar-refractivity contribution in [1.82, 2.24) is 5.32 Å². The van der Waals surface area contributed by atoms with Crippen LogP contribution >= 0.6 is 0 Å². The highest BCUT2D eigenvalue weighted by Gasteiger charge is 2.63. The number of fused-ring (bicyclic) bond motifs is 5. The van der Waals surface area contributed by atoms with E-state index in [-0.39, 0.29) is 23.5 Å². The molecular weight excluding hydrogens is 727 g/mol. The summed E-state index contributed by atoms with van der Waals surface area (Å²) in [5, 5.41) is 3.28. The van der Waals surface area contributed by atoms with Crippen LogP contribution in [0.5, 0.6) is 11.5 Å². The van der Waals surface area contributed by atoms with Crippen LogP contribution in [0, 0.1) is 46.3 Å². The molecule has 0 radical (unpaired) electrons. The Morgan fingerprint density at radius 1 is 0.695 bits per heavy atom. The van der Waals surface area contributed by atoms with Crippen LogP contribution in [0.15, 0.2) is 48.5 Å². The van der Waals surface area contributed by atoms with Gasteiger partial charge in [-0.05, 0) is 129 Å². The summed E-state index contributed by atoms with van der Waals surface area (Å²) in [6, 6.07) is 16.0. The quantitative estimate of drug-likeness (QED) is 0.0724. The number of carbonyl (C=O) groups excluding carboxylic acids is 1. The lowest BCUT2D eigenvalue weighted by atomic mass is 9.43. The molecule has 0 bridgehead atoms. The van der Waals surface area contributed by atoms with Crippen molar-refractivity contribution in [2.24, 2.45) is 46.3 Å². The van der Waals surface area contributed by atoms with Crippen molar-refractivity contribution < 1.29 is 14.3 Å². The summed E-state index contributed by atoms with van der Waals surface area (Å²) in [6.45, 7) is 10.8. The number of hydrogen-bond acceptors (Lipinski definition) is 5. The van der Waals surface area contributed by atoms with Crippen LogP contribution in [-0.4, -0.2) is 24.7 Å². The van der Waals surface area contributed by atoms with E-state index in [4.69, 9.17) is 20.9 Å². The standard InChI is InChI=1S/C53H85N3O3/c1-5-6-7-8-9-10-11-12-13-14-15-16-17-18-19-34-56-51(57)29-26-39(2)46-27-28-47-45-38-50(59-43-25-21-23-41(55)36-43)49-37-44(58-42-24-20-22-40(54)35-42)30-32-53(49,4)48(45)31-33-52(46,47)3/h20-25,35-36,39,44-50H,5-19,26-34,37-38,54-55H2,1-4H3,(H,56,57)/t39-,44?,45+,46-,47+,48+,49?,50?,52-,53-/m1/s1. The molecule has 2 aromatic carbocycles. The smallest absolute Gasteiger partial charge is 0.220 e. The number of hydrogen-bond donors (Lipinski definition) is 3. The first-order valence-electron chi connectivity index (χ1n) is 24.9. The maximum absolute atomic E-state index is 13.0. The van der Waals surface area contributed by atoms with Crippen LogP contribution in [0.4, 0.5) is 11.4 Å². The molecule has 0 aromatic heterocycles. The highest BCUT2D eigenvalue weighted by atomic mass is 16.5. The molecule has 6 nitrogen and oxygen atoms in total. The molecule has 0 heterocycles. The first-order chi connectivity index (χ1) is 28.6. The van der Waals surface area contributed by atoms with E-state index in [2.05, 4.69) is 39.1 Å². The molecule has 0 spiro atoms. The average Bonchev–Trinajstić information content (AvgIpc) is 3.58. The number of amides is 1. The second-order valence-electron chi connectivity index (χ2n) is 20.6. The number of carbonyl (C=O) groups is 1. The largest absolute Gasteiger partial charge is 0.490 e. The van der Waals surface area contributed by atoms with Crippen LogP contribution in [-0.2, 0) is 4.79 Å². The molecule has 330 valence electrons. The summed E-state index contributed by atoms with van der Waals surface area (Å²) in [5.74, 6) is 5.75. The third-order valence-corrected chi connectivity index (χ3v) is 16.6. The fourth-order valence-corrected chi connectivity index (χ4v) is 13.4. The second-order valence-corrected chi connectivity index (χ2v) is 20.6. The van der Waals surface area contributed by atoms with Crippen molar-refractivity contribution >= 4 is 17.3 Å². The molecular formula is C53H85N3O3. The Hall–Kier alpha value is -2.89. The van der Waals surface area contributed by atoms with Crippen LogP contribution in [0.1, 0.15) is 188 Å². The molecule has 6 rings (SSSR count). The molecule has 10 atom stereocenters. The second kappa shape index (κ2) is 22.3. The summed E-state index contributed by atoms with van der Waals surface area (Å²) < 4.78 is 13.7. The first kappa shape index (κ1) is 45.6. The number of nitrogens with one attached hydrogen (secondary N) is 1. The fraction of sp³-hybridized carbons (Fsp3) is 0.755. The van der Waals surface area contributed by atoms with E-state index in [1.807, 2.05) is 42.5 Å². The highest BCUT2D eigenvalue weighted by Crippen LogP contribution is 2.68. The van der Waals surface area contributed by atoms with Gasteiger partial charge in [0.15, 0.2) is 0 Å². The third kappa shape index (κ3) is 12.2. The average molecular weight is 812 g/mol. The lowest BCUT2D eigenvalue weighted by Crippen LogP contribution is -2.59. The molecule has 0 aliphatic heterocycles. The van der Waals surface area contributed by atoms with Gasteiger partial charge in [0.1, 0.15) is 17.6 Å². The highest BCUT2D eigenvalue weighted by molar-refractivity contribution is 5.75. The van der Waals surface area contributed by atoms with Crippen LogP contribution in [0.25, 0.3) is 0 Å². The Morgan fingerprint density at radius 3 is 1.86 bits per heavy atom. The van der Waals surface area contributed by atoms with E-state index in [0.29, 0.717) is 47.3 Å². The maximum atomic E-state index is 13.0. The van der Waals surface area contributed by atoms with E-state index in [0.717, 1.165) is 61.5 Å². The lowest BCUT2D eigenvalue weighted by Gasteiger charge is -2.63. The Bertz CT molecular complexity index is 1560. The molecule has 0 saturated heterocycles. The molecule has 2 aromatic rings. The van der Waals surface area contributed by atoms with Crippen LogP contribution in [0.3, 0.4) is 0 Å². The van der Waals surface area contributed by atoms with Gasteiger partial charge in [0, 0.05) is 42.4 Å². The first-order valence-corrected chi connectivity index (χ1v) is 24.9. The van der Waals surface area contributed by atoms with Gasteiger partial charge < -0.3 is 26.3 Å². The van der Waals surface area contributed by atoms with Gasteiger partial charge in [0.25, 0.3) is 0 Å². The van der Waals surface area contributed by atoms with E-state index < -0.39 is 0 Å². The monoisotopic (exact) mass is 812 g/mol. The van der Waals surface area contributed by atoms with Crippen molar-refractivity contribution in [2.75, 3.05) is 18.0 Å². The van der Waals surface area contributed by atoms with Gasteiger partial charge in [0.2, 0.25) is 5.91 Å². The predicted molar refractivity (Wildman–Crippen MR) is 247 cm³/mol. The number of ether oxygens (including phenoxy) is 2. The molecule has 4 saturated carbocycles. The topological polar surface area (TPSA) is 99.6 Å². The number of anilines is 2.